The van der Waals surface area contributed by atoms with Gasteiger partial charge in [0.2, 0.25) is 0 Å². The Morgan fingerprint density at radius 3 is 1.50 bits per heavy atom. The Morgan fingerprint density at radius 2 is 1.27 bits per heavy atom. The third-order valence-electron chi connectivity index (χ3n) is 3.78. The van der Waals surface area contributed by atoms with Crippen LogP contribution >= 0.6 is 0 Å². The Kier molecular flexibility index (Phi) is 8.40. The SMILES string of the molecule is C=CC(=O)C(C(=O)C=C)(C(=O)C=C)C(CO)C(CO)CCO. The number of ketones is 3. The Hall–Kier alpha value is -1.89. The molecule has 0 saturated heterocycles. The molecule has 0 saturated carbocycles. The summed E-state index contributed by atoms with van der Waals surface area (Å²) in [6.07, 6.45) is 2.46. The lowest BCUT2D eigenvalue weighted by Crippen LogP contribution is -2.54. The van der Waals surface area contributed by atoms with Crippen molar-refractivity contribution in [3.05, 3.63) is 38.0 Å². The number of hydrogen-bond donors (Lipinski definition) is 3. The molecule has 0 heterocycles. The third-order valence-corrected chi connectivity index (χ3v) is 3.78. The first kappa shape index (κ1) is 20.1. The van der Waals surface area contributed by atoms with Crippen molar-refractivity contribution in [2.45, 2.75) is 6.42 Å². The van der Waals surface area contributed by atoms with E-state index in [0.717, 1.165) is 18.2 Å². The maximum absolute atomic E-state index is 12.3. The molecule has 0 radical (unpaired) electrons. The van der Waals surface area contributed by atoms with E-state index >= 15 is 0 Å². The van der Waals surface area contributed by atoms with Crippen molar-refractivity contribution in [3.63, 3.8) is 0 Å². The van der Waals surface area contributed by atoms with Crippen molar-refractivity contribution >= 4 is 17.3 Å². The molecule has 0 aromatic rings. The number of allylic oxidation sites excluding steroid dienone is 3. The highest BCUT2D eigenvalue weighted by Crippen LogP contribution is 2.39. The first-order valence-corrected chi connectivity index (χ1v) is 6.75. The van der Waals surface area contributed by atoms with Gasteiger partial charge in [0.25, 0.3) is 0 Å². The van der Waals surface area contributed by atoms with Gasteiger partial charge in [0.05, 0.1) is 0 Å². The van der Waals surface area contributed by atoms with E-state index in [2.05, 4.69) is 19.7 Å². The van der Waals surface area contributed by atoms with E-state index in [1.807, 2.05) is 0 Å². The highest BCUT2D eigenvalue weighted by atomic mass is 16.3. The lowest BCUT2D eigenvalue weighted by molar-refractivity contribution is -0.151. The lowest BCUT2D eigenvalue weighted by Gasteiger charge is -2.37. The molecule has 0 aromatic heterocycles. The van der Waals surface area contributed by atoms with Crippen LogP contribution < -0.4 is 0 Å². The first-order valence-electron chi connectivity index (χ1n) is 6.75. The van der Waals surface area contributed by atoms with E-state index in [4.69, 9.17) is 5.11 Å². The molecule has 0 spiro atoms. The van der Waals surface area contributed by atoms with Crippen LogP contribution in [0.15, 0.2) is 38.0 Å². The van der Waals surface area contributed by atoms with Gasteiger partial charge < -0.3 is 15.3 Å². The van der Waals surface area contributed by atoms with E-state index in [9.17, 15) is 24.6 Å². The Balaban J connectivity index is 6.41. The van der Waals surface area contributed by atoms with Gasteiger partial charge in [-0.3, -0.25) is 14.4 Å². The summed E-state index contributed by atoms with van der Waals surface area (Å²) in [6.45, 7) is 8.29. The Labute approximate surface area is 129 Å². The molecule has 6 nitrogen and oxygen atoms in total. The molecule has 0 rings (SSSR count). The van der Waals surface area contributed by atoms with Crippen molar-refractivity contribution in [2.24, 2.45) is 17.3 Å². The lowest BCUT2D eigenvalue weighted by atomic mass is 9.61. The van der Waals surface area contributed by atoms with E-state index < -0.39 is 47.8 Å². The van der Waals surface area contributed by atoms with Crippen LogP contribution in [0.1, 0.15) is 6.42 Å². The van der Waals surface area contributed by atoms with Crippen LogP contribution in [0, 0.1) is 17.3 Å². The second kappa shape index (κ2) is 9.19. The number of aliphatic hydroxyl groups excluding tert-OH is 3. The van der Waals surface area contributed by atoms with E-state index in [-0.39, 0.29) is 13.0 Å². The van der Waals surface area contributed by atoms with Gasteiger partial charge in [-0.2, -0.15) is 0 Å². The largest absolute Gasteiger partial charge is 0.396 e. The molecule has 22 heavy (non-hydrogen) atoms. The maximum atomic E-state index is 12.3. The van der Waals surface area contributed by atoms with Crippen molar-refractivity contribution in [2.75, 3.05) is 19.8 Å². The molecule has 0 fully saturated rings. The average Bonchev–Trinajstić information content (AvgIpc) is 2.55. The Bertz CT molecular complexity index is 415. The fourth-order valence-electron chi connectivity index (χ4n) is 2.62. The van der Waals surface area contributed by atoms with Gasteiger partial charge in [0, 0.05) is 25.7 Å². The van der Waals surface area contributed by atoms with Crippen LogP contribution in [0.4, 0.5) is 0 Å². The van der Waals surface area contributed by atoms with Crippen molar-refractivity contribution in [3.8, 4) is 0 Å². The topological polar surface area (TPSA) is 112 Å². The maximum Gasteiger partial charge on any atom is 0.177 e. The molecule has 0 bridgehead atoms. The van der Waals surface area contributed by atoms with Crippen LogP contribution in [0.3, 0.4) is 0 Å². The van der Waals surface area contributed by atoms with Gasteiger partial charge in [0.15, 0.2) is 22.8 Å². The second-order valence-electron chi connectivity index (χ2n) is 4.76. The minimum atomic E-state index is -2.28. The van der Waals surface area contributed by atoms with E-state index in [1.54, 1.807) is 0 Å². The molecule has 0 amide bonds. The van der Waals surface area contributed by atoms with Crippen LogP contribution in [0.5, 0.6) is 0 Å². The number of carbonyl (C=O) groups excluding carboxylic acids is 3. The standard InChI is InChI=1S/C16H22O6/c1-4-13(20)16(14(21)5-2,15(22)6-3)12(10-19)11(9-18)7-8-17/h4-6,11-12,17-19H,1-3,7-10H2. The second-order valence-corrected chi connectivity index (χ2v) is 4.76. The van der Waals surface area contributed by atoms with E-state index in [0.29, 0.717) is 0 Å². The molecule has 0 aliphatic carbocycles. The summed E-state index contributed by atoms with van der Waals surface area (Å²) >= 11 is 0. The molecule has 0 aliphatic heterocycles. The van der Waals surface area contributed by atoms with Crippen LogP contribution in [-0.2, 0) is 14.4 Å². The van der Waals surface area contributed by atoms with Crippen molar-refractivity contribution < 1.29 is 29.7 Å². The smallest absolute Gasteiger partial charge is 0.177 e. The molecule has 2 atom stereocenters. The summed E-state index contributed by atoms with van der Waals surface area (Å²) in [5, 5.41) is 28.2. The van der Waals surface area contributed by atoms with Crippen LogP contribution in [0.2, 0.25) is 0 Å². The van der Waals surface area contributed by atoms with Crippen molar-refractivity contribution in [1.29, 1.82) is 0 Å². The molecular weight excluding hydrogens is 288 g/mol. The minimum Gasteiger partial charge on any atom is -0.396 e. The van der Waals surface area contributed by atoms with Gasteiger partial charge >= 0.3 is 0 Å². The zero-order valence-electron chi connectivity index (χ0n) is 12.4. The van der Waals surface area contributed by atoms with Crippen LogP contribution in [-0.4, -0.2) is 52.5 Å². The quantitative estimate of drug-likeness (QED) is 0.341. The van der Waals surface area contributed by atoms with Crippen molar-refractivity contribution in [1.82, 2.24) is 0 Å². The zero-order valence-corrected chi connectivity index (χ0v) is 12.4. The minimum absolute atomic E-state index is 0.00272. The summed E-state index contributed by atoms with van der Waals surface area (Å²) in [7, 11) is 0. The number of rotatable bonds is 12. The molecule has 122 valence electrons. The molecule has 6 heteroatoms. The highest BCUT2D eigenvalue weighted by molar-refractivity contribution is 6.31. The predicted octanol–water partition coefficient (Wildman–Crippen LogP) is -0.163. The molecular formula is C16H22O6. The van der Waals surface area contributed by atoms with Gasteiger partial charge in [0.1, 0.15) is 0 Å². The van der Waals surface area contributed by atoms with Gasteiger partial charge in [-0.25, -0.2) is 0 Å². The fraction of sp³-hybridized carbons (Fsp3) is 0.438. The number of carbonyl (C=O) groups is 3. The predicted molar refractivity (Wildman–Crippen MR) is 80.9 cm³/mol. The fourth-order valence-corrected chi connectivity index (χ4v) is 2.62. The highest BCUT2D eigenvalue weighted by Gasteiger charge is 2.55. The molecule has 0 aromatic carbocycles. The van der Waals surface area contributed by atoms with Gasteiger partial charge in [-0.05, 0) is 30.6 Å². The summed E-state index contributed by atoms with van der Waals surface area (Å²) in [5.74, 6) is -4.79. The number of aliphatic hydroxyl groups is 3. The normalized spacial score (nSPS) is 13.8. The number of hydrogen-bond acceptors (Lipinski definition) is 6. The summed E-state index contributed by atoms with van der Waals surface area (Å²) in [4.78, 5) is 37.0. The first-order chi connectivity index (χ1) is 10.4. The monoisotopic (exact) mass is 310 g/mol. The summed E-state index contributed by atoms with van der Waals surface area (Å²) in [6, 6.07) is 0. The van der Waals surface area contributed by atoms with Gasteiger partial charge in [-0.15, -0.1) is 0 Å². The van der Waals surface area contributed by atoms with E-state index in [1.165, 1.54) is 0 Å². The third kappa shape index (κ3) is 3.47. The molecule has 0 aliphatic rings. The molecule has 2 unspecified atom stereocenters. The van der Waals surface area contributed by atoms with Gasteiger partial charge in [-0.1, -0.05) is 19.7 Å². The molecule has 3 N–H and O–H groups in total. The Morgan fingerprint density at radius 1 is 0.864 bits per heavy atom. The average molecular weight is 310 g/mol. The van der Waals surface area contributed by atoms with Crippen LogP contribution in [0.25, 0.3) is 0 Å². The summed E-state index contributed by atoms with van der Waals surface area (Å²) < 4.78 is 0. The summed E-state index contributed by atoms with van der Waals surface area (Å²) in [5.41, 5.74) is -2.28. The zero-order chi connectivity index (χ0) is 17.3.